The molecule has 0 N–H and O–H groups in total. The van der Waals surface area contributed by atoms with E-state index in [1.54, 1.807) is 0 Å². The summed E-state index contributed by atoms with van der Waals surface area (Å²) in [5.74, 6) is -5.75. The molecule has 0 aromatic heterocycles. The molecule has 0 unspecified atom stereocenters. The van der Waals surface area contributed by atoms with E-state index >= 15 is 0 Å². The maximum atomic E-state index is 14.8. The lowest BCUT2D eigenvalue weighted by Crippen LogP contribution is -2.26. The molecule has 4 rings (SSSR count). The molecule has 10 heteroatoms. The van der Waals surface area contributed by atoms with Gasteiger partial charge in [-0.25, -0.2) is 13.2 Å². The van der Waals surface area contributed by atoms with Crippen LogP contribution in [-0.2, 0) is 6.11 Å². The van der Waals surface area contributed by atoms with E-state index in [2.05, 4.69) is 16.4 Å². The highest BCUT2D eigenvalue weighted by atomic mass is 19.4. The van der Waals surface area contributed by atoms with Crippen LogP contribution in [0, 0.1) is 35.2 Å². The Balaban J connectivity index is 1.38. The van der Waals surface area contributed by atoms with E-state index in [1.165, 1.54) is 44.6 Å². The zero-order valence-corrected chi connectivity index (χ0v) is 21.6. The molecule has 2 aliphatic carbocycles. The summed E-state index contributed by atoms with van der Waals surface area (Å²) in [5.41, 5.74) is -0.553. The summed E-state index contributed by atoms with van der Waals surface area (Å²) in [5, 5.41) is 0. The third-order valence-electron chi connectivity index (χ3n) is 8.24. The van der Waals surface area contributed by atoms with E-state index < -0.39 is 47.0 Å². The predicted molar refractivity (Wildman–Crippen MR) is 129 cm³/mol. The second-order valence-corrected chi connectivity index (χ2v) is 10.8. The molecule has 2 aromatic carbocycles. The van der Waals surface area contributed by atoms with E-state index in [0.717, 1.165) is 49.7 Å². The molecule has 2 fully saturated rings. The molecule has 0 heterocycles. The SMILES string of the molecule is CCC[C@H]1CC[C@H](C2CCC(c3ccc(C(F)(F)Oc4cc(F)c(OC(F)(F)F)c(F)c4)c(F)c3)CC2)CC1. The second-order valence-electron chi connectivity index (χ2n) is 10.8. The fourth-order valence-electron chi connectivity index (χ4n) is 6.31. The molecule has 0 atom stereocenters. The molecule has 0 bridgehead atoms. The molecule has 0 aliphatic heterocycles. The van der Waals surface area contributed by atoms with Gasteiger partial charge in [0.2, 0.25) is 5.75 Å². The van der Waals surface area contributed by atoms with Crippen molar-refractivity contribution in [2.24, 2.45) is 17.8 Å². The molecule has 0 spiro atoms. The van der Waals surface area contributed by atoms with Crippen molar-refractivity contribution in [2.75, 3.05) is 0 Å². The van der Waals surface area contributed by atoms with Gasteiger partial charge in [0.05, 0.1) is 5.56 Å². The van der Waals surface area contributed by atoms with Crippen LogP contribution in [0.3, 0.4) is 0 Å². The van der Waals surface area contributed by atoms with E-state index in [4.69, 9.17) is 0 Å². The molecular weight excluding hydrogens is 532 g/mol. The Hall–Kier alpha value is -2.52. The monoisotopic (exact) mass is 564 g/mol. The van der Waals surface area contributed by atoms with E-state index in [1.807, 2.05) is 0 Å². The molecule has 2 aromatic rings. The maximum Gasteiger partial charge on any atom is 0.573 e. The first-order chi connectivity index (χ1) is 18.4. The number of ether oxygens (including phenoxy) is 2. The van der Waals surface area contributed by atoms with Crippen molar-refractivity contribution in [2.45, 2.75) is 89.5 Å². The Morgan fingerprint density at radius 1 is 0.718 bits per heavy atom. The molecule has 2 aliphatic rings. The lowest BCUT2D eigenvalue weighted by atomic mass is 9.68. The minimum atomic E-state index is -5.40. The predicted octanol–water partition coefficient (Wildman–Crippen LogP) is 10.0. The van der Waals surface area contributed by atoms with Gasteiger partial charge in [0.15, 0.2) is 11.6 Å². The fraction of sp³-hybridized carbons (Fsp3) is 0.586. The van der Waals surface area contributed by atoms with Crippen molar-refractivity contribution in [3.8, 4) is 11.5 Å². The smallest absolute Gasteiger partial charge is 0.429 e. The van der Waals surface area contributed by atoms with E-state index in [0.29, 0.717) is 11.5 Å². The van der Waals surface area contributed by atoms with Crippen molar-refractivity contribution in [1.29, 1.82) is 0 Å². The number of rotatable bonds is 8. The standard InChI is InChI=1S/C29H32F8O2/c1-2-3-17-4-6-18(7-5-17)19-8-10-20(11-9-19)21-12-13-23(24(30)14-21)28(33,34)38-22-15-25(31)27(26(32)16-22)39-29(35,36)37/h12-20H,2-11H2,1H3/t17-,18-,19?,20?. The third-order valence-corrected chi connectivity index (χ3v) is 8.24. The van der Waals surface area contributed by atoms with Gasteiger partial charge in [0.25, 0.3) is 0 Å². The van der Waals surface area contributed by atoms with Crippen LogP contribution in [0.4, 0.5) is 35.1 Å². The first-order valence-corrected chi connectivity index (χ1v) is 13.5. The minimum Gasteiger partial charge on any atom is -0.429 e. The summed E-state index contributed by atoms with van der Waals surface area (Å²) >= 11 is 0. The van der Waals surface area contributed by atoms with Crippen LogP contribution in [0.25, 0.3) is 0 Å². The molecule has 0 amide bonds. The van der Waals surface area contributed by atoms with Crippen LogP contribution >= 0.6 is 0 Å². The number of alkyl halides is 5. The normalized spacial score (nSPS) is 24.4. The highest BCUT2D eigenvalue weighted by Crippen LogP contribution is 2.45. The van der Waals surface area contributed by atoms with Crippen LogP contribution in [0.15, 0.2) is 30.3 Å². The van der Waals surface area contributed by atoms with E-state index in [9.17, 15) is 35.1 Å². The number of hydrogen-bond donors (Lipinski definition) is 0. The topological polar surface area (TPSA) is 18.5 Å². The van der Waals surface area contributed by atoms with Gasteiger partial charge < -0.3 is 9.47 Å². The van der Waals surface area contributed by atoms with Gasteiger partial charge in [-0.3, -0.25) is 0 Å². The summed E-state index contributed by atoms with van der Waals surface area (Å²) < 4.78 is 116. The van der Waals surface area contributed by atoms with E-state index in [-0.39, 0.29) is 18.1 Å². The Kier molecular flexibility index (Phi) is 9.01. The van der Waals surface area contributed by atoms with Gasteiger partial charge in [0.1, 0.15) is 11.6 Å². The Labute approximate surface area is 222 Å². The molecule has 0 saturated heterocycles. The van der Waals surface area contributed by atoms with Crippen molar-refractivity contribution >= 4 is 0 Å². The van der Waals surface area contributed by atoms with Gasteiger partial charge in [-0.15, -0.1) is 13.2 Å². The van der Waals surface area contributed by atoms with Gasteiger partial charge in [-0.05, 0) is 79.9 Å². The molecule has 39 heavy (non-hydrogen) atoms. The highest BCUT2D eigenvalue weighted by molar-refractivity contribution is 5.36. The van der Waals surface area contributed by atoms with Gasteiger partial charge in [0, 0.05) is 12.1 Å². The Morgan fingerprint density at radius 2 is 1.28 bits per heavy atom. The lowest BCUT2D eigenvalue weighted by Gasteiger charge is -2.38. The average Bonchev–Trinajstić information content (AvgIpc) is 2.86. The molecular formula is C29H32F8O2. The largest absolute Gasteiger partial charge is 0.573 e. The van der Waals surface area contributed by atoms with Crippen LogP contribution in [-0.4, -0.2) is 6.36 Å². The fourth-order valence-corrected chi connectivity index (χ4v) is 6.31. The molecule has 2 nitrogen and oxygen atoms in total. The Morgan fingerprint density at radius 3 is 1.79 bits per heavy atom. The van der Waals surface area contributed by atoms with Crippen LogP contribution < -0.4 is 9.47 Å². The molecule has 216 valence electrons. The summed E-state index contributed by atoms with van der Waals surface area (Å²) in [6.45, 7) is 2.22. The van der Waals surface area contributed by atoms with Crippen molar-refractivity contribution in [3.63, 3.8) is 0 Å². The summed E-state index contributed by atoms with van der Waals surface area (Å²) in [6, 6.07) is 3.53. The zero-order chi connectivity index (χ0) is 28.4. The number of benzene rings is 2. The highest BCUT2D eigenvalue weighted by Gasteiger charge is 2.40. The Bertz CT molecular complexity index is 1090. The van der Waals surface area contributed by atoms with Crippen molar-refractivity contribution < 1.29 is 44.6 Å². The van der Waals surface area contributed by atoms with Gasteiger partial charge >= 0.3 is 12.5 Å². The molecule has 2 saturated carbocycles. The zero-order valence-electron chi connectivity index (χ0n) is 21.6. The third kappa shape index (κ3) is 7.37. The van der Waals surface area contributed by atoms with Crippen molar-refractivity contribution in [1.82, 2.24) is 0 Å². The van der Waals surface area contributed by atoms with Gasteiger partial charge in [-0.2, -0.15) is 8.78 Å². The quantitative estimate of drug-likeness (QED) is 0.297. The summed E-state index contributed by atoms with van der Waals surface area (Å²) in [6.07, 6.45) is 1.57. The summed E-state index contributed by atoms with van der Waals surface area (Å²) in [4.78, 5) is 0. The number of halogens is 8. The van der Waals surface area contributed by atoms with Crippen molar-refractivity contribution in [3.05, 3.63) is 58.9 Å². The maximum absolute atomic E-state index is 14.8. The first kappa shape index (κ1) is 29.5. The summed E-state index contributed by atoms with van der Waals surface area (Å²) in [7, 11) is 0. The van der Waals surface area contributed by atoms with Crippen LogP contribution in [0.2, 0.25) is 0 Å². The first-order valence-electron chi connectivity index (χ1n) is 13.5. The van der Waals surface area contributed by atoms with Crippen LogP contribution in [0.1, 0.15) is 88.2 Å². The minimum absolute atomic E-state index is 0.0418. The van der Waals surface area contributed by atoms with Gasteiger partial charge in [-0.1, -0.05) is 38.7 Å². The van der Waals surface area contributed by atoms with Crippen LogP contribution in [0.5, 0.6) is 11.5 Å². The second kappa shape index (κ2) is 11.9. The average molecular weight is 565 g/mol. The lowest BCUT2D eigenvalue weighted by molar-refractivity contribution is -0.276. The number of hydrogen-bond acceptors (Lipinski definition) is 2. The molecule has 0 radical (unpaired) electrons.